The van der Waals surface area contributed by atoms with Crippen molar-refractivity contribution in [3.8, 4) is 0 Å². The van der Waals surface area contributed by atoms with Crippen molar-refractivity contribution in [2.24, 2.45) is 5.92 Å². The van der Waals surface area contributed by atoms with Gasteiger partial charge in [-0.2, -0.15) is 0 Å². The van der Waals surface area contributed by atoms with E-state index in [9.17, 15) is 4.79 Å². The van der Waals surface area contributed by atoms with Gasteiger partial charge in [-0.05, 0) is 32.6 Å². The third-order valence-electron chi connectivity index (χ3n) is 3.05. The molecule has 4 heteroatoms. The first-order valence-electron chi connectivity index (χ1n) is 6.04. The third-order valence-corrected chi connectivity index (χ3v) is 3.05. The van der Waals surface area contributed by atoms with Crippen LogP contribution in [-0.2, 0) is 9.53 Å². The molecule has 0 aromatic carbocycles. The fourth-order valence-electron chi connectivity index (χ4n) is 2.34. The summed E-state index contributed by atoms with van der Waals surface area (Å²) in [6.07, 6.45) is 2.20. The molecule has 0 aliphatic carbocycles. The van der Waals surface area contributed by atoms with Gasteiger partial charge in [-0.3, -0.25) is 4.79 Å². The Morgan fingerprint density at radius 2 is 1.81 bits per heavy atom. The fraction of sp³-hybridized carbons (Fsp3) is 0.917. The second-order valence-electron chi connectivity index (χ2n) is 5.15. The molecular formula is C12H23NO3. The molecule has 1 aliphatic rings. The molecule has 16 heavy (non-hydrogen) atoms. The Labute approximate surface area is 97.4 Å². The van der Waals surface area contributed by atoms with E-state index in [0.29, 0.717) is 0 Å². The van der Waals surface area contributed by atoms with Gasteiger partial charge >= 0.3 is 5.97 Å². The summed E-state index contributed by atoms with van der Waals surface area (Å²) in [6, 6.07) is -0.204. The minimum absolute atomic E-state index is 0.103. The molecule has 0 aromatic heterocycles. The molecule has 1 rings (SSSR count). The summed E-state index contributed by atoms with van der Waals surface area (Å²) < 4.78 is 5.63. The van der Waals surface area contributed by atoms with Crippen molar-refractivity contribution in [1.29, 1.82) is 0 Å². The molecule has 3 unspecified atom stereocenters. The van der Waals surface area contributed by atoms with Gasteiger partial charge in [0.05, 0.1) is 12.2 Å². The first-order valence-corrected chi connectivity index (χ1v) is 6.04. The van der Waals surface area contributed by atoms with Gasteiger partial charge in [0.25, 0.3) is 0 Å². The summed E-state index contributed by atoms with van der Waals surface area (Å²) >= 11 is 0. The summed E-state index contributed by atoms with van der Waals surface area (Å²) in [4.78, 5) is 11.1. The Balaban J connectivity index is 2.54. The molecule has 1 aliphatic heterocycles. The molecule has 0 aromatic rings. The lowest BCUT2D eigenvalue weighted by Gasteiger charge is -2.35. The average Bonchev–Trinajstić information content (AvgIpc) is 2.11. The van der Waals surface area contributed by atoms with Gasteiger partial charge in [-0.1, -0.05) is 13.8 Å². The van der Waals surface area contributed by atoms with Crippen LogP contribution in [0.2, 0.25) is 0 Å². The lowest BCUT2D eigenvalue weighted by atomic mass is 9.96. The van der Waals surface area contributed by atoms with Gasteiger partial charge in [0, 0.05) is 6.04 Å². The summed E-state index contributed by atoms with van der Waals surface area (Å²) in [5, 5.41) is 12.3. The van der Waals surface area contributed by atoms with Gasteiger partial charge in [-0.15, -0.1) is 0 Å². The van der Waals surface area contributed by atoms with Gasteiger partial charge < -0.3 is 15.2 Å². The SMILES string of the molecule is CC1CC(NC(C(=O)O)C(C)C)CC(C)O1. The number of hydrogen-bond donors (Lipinski definition) is 2. The first kappa shape index (κ1) is 13.5. The van der Waals surface area contributed by atoms with Crippen LogP contribution in [0.4, 0.5) is 0 Å². The first-order chi connectivity index (χ1) is 7.40. The zero-order valence-electron chi connectivity index (χ0n) is 10.6. The zero-order valence-corrected chi connectivity index (χ0v) is 10.6. The van der Waals surface area contributed by atoms with Gasteiger partial charge in [0.2, 0.25) is 0 Å². The van der Waals surface area contributed by atoms with Crippen LogP contribution in [0.3, 0.4) is 0 Å². The molecular weight excluding hydrogens is 206 g/mol. The largest absolute Gasteiger partial charge is 0.480 e. The molecule has 0 saturated carbocycles. The Morgan fingerprint density at radius 1 is 1.31 bits per heavy atom. The molecule has 0 radical (unpaired) electrons. The van der Waals surface area contributed by atoms with E-state index in [2.05, 4.69) is 5.32 Å². The van der Waals surface area contributed by atoms with E-state index in [0.717, 1.165) is 12.8 Å². The number of carbonyl (C=O) groups is 1. The van der Waals surface area contributed by atoms with E-state index in [1.807, 2.05) is 27.7 Å². The second kappa shape index (κ2) is 5.64. The molecule has 4 nitrogen and oxygen atoms in total. The van der Waals surface area contributed by atoms with E-state index in [4.69, 9.17) is 9.84 Å². The van der Waals surface area contributed by atoms with Crippen LogP contribution in [-0.4, -0.2) is 35.4 Å². The van der Waals surface area contributed by atoms with Crippen molar-refractivity contribution in [2.75, 3.05) is 0 Å². The third kappa shape index (κ3) is 3.76. The van der Waals surface area contributed by atoms with Crippen molar-refractivity contribution in [3.05, 3.63) is 0 Å². The summed E-state index contributed by atoms with van der Waals surface area (Å²) in [5.41, 5.74) is 0. The van der Waals surface area contributed by atoms with E-state index in [1.165, 1.54) is 0 Å². The van der Waals surface area contributed by atoms with E-state index in [1.54, 1.807) is 0 Å². The molecule has 1 heterocycles. The van der Waals surface area contributed by atoms with E-state index >= 15 is 0 Å². The van der Waals surface area contributed by atoms with Crippen LogP contribution < -0.4 is 5.32 Å². The summed E-state index contributed by atoms with van der Waals surface area (Å²) in [6.45, 7) is 7.93. The molecule has 1 saturated heterocycles. The van der Waals surface area contributed by atoms with E-state index in [-0.39, 0.29) is 24.2 Å². The van der Waals surface area contributed by atoms with Crippen molar-refractivity contribution in [2.45, 2.75) is 64.8 Å². The Hall–Kier alpha value is -0.610. The van der Waals surface area contributed by atoms with Crippen molar-refractivity contribution >= 4 is 5.97 Å². The normalized spacial score (nSPS) is 32.7. The number of rotatable bonds is 4. The molecule has 3 atom stereocenters. The van der Waals surface area contributed by atoms with Crippen LogP contribution in [0.25, 0.3) is 0 Å². The standard InChI is InChI=1S/C12H23NO3/c1-7(2)11(12(14)15)13-10-5-8(3)16-9(4)6-10/h7-11,13H,5-6H2,1-4H3,(H,14,15). The highest BCUT2D eigenvalue weighted by Crippen LogP contribution is 2.20. The highest BCUT2D eigenvalue weighted by molar-refractivity contribution is 5.73. The van der Waals surface area contributed by atoms with E-state index < -0.39 is 12.0 Å². The number of ether oxygens (including phenoxy) is 1. The van der Waals surface area contributed by atoms with Crippen LogP contribution in [0, 0.1) is 5.92 Å². The Morgan fingerprint density at radius 3 is 2.19 bits per heavy atom. The molecule has 2 N–H and O–H groups in total. The monoisotopic (exact) mass is 229 g/mol. The maximum absolute atomic E-state index is 11.1. The van der Waals surface area contributed by atoms with Crippen LogP contribution in [0.15, 0.2) is 0 Å². The van der Waals surface area contributed by atoms with Crippen LogP contribution >= 0.6 is 0 Å². The maximum Gasteiger partial charge on any atom is 0.320 e. The summed E-state index contributed by atoms with van der Waals surface area (Å²) in [7, 11) is 0. The predicted octanol–water partition coefficient (Wildman–Crippen LogP) is 1.64. The van der Waals surface area contributed by atoms with Crippen LogP contribution in [0.1, 0.15) is 40.5 Å². The predicted molar refractivity (Wildman–Crippen MR) is 62.4 cm³/mol. The van der Waals surface area contributed by atoms with Gasteiger partial charge in [0.15, 0.2) is 0 Å². The smallest absolute Gasteiger partial charge is 0.320 e. The molecule has 0 bridgehead atoms. The van der Waals surface area contributed by atoms with Crippen molar-refractivity contribution in [1.82, 2.24) is 5.32 Å². The fourth-order valence-corrected chi connectivity index (χ4v) is 2.34. The molecule has 0 spiro atoms. The van der Waals surface area contributed by atoms with Crippen molar-refractivity contribution < 1.29 is 14.6 Å². The number of carboxylic acid groups (broad SMARTS) is 1. The number of nitrogens with one attached hydrogen (secondary N) is 1. The molecule has 94 valence electrons. The number of carboxylic acids is 1. The summed E-state index contributed by atoms with van der Waals surface area (Å²) in [5.74, 6) is -0.659. The highest BCUT2D eigenvalue weighted by atomic mass is 16.5. The minimum Gasteiger partial charge on any atom is -0.480 e. The molecule has 1 fully saturated rings. The molecule has 0 amide bonds. The number of aliphatic carboxylic acids is 1. The lowest BCUT2D eigenvalue weighted by Crippen LogP contribution is -2.50. The Bertz CT molecular complexity index is 232. The van der Waals surface area contributed by atoms with Crippen LogP contribution in [0.5, 0.6) is 0 Å². The second-order valence-corrected chi connectivity index (χ2v) is 5.15. The van der Waals surface area contributed by atoms with Gasteiger partial charge in [-0.25, -0.2) is 0 Å². The average molecular weight is 229 g/mol. The lowest BCUT2D eigenvalue weighted by molar-refractivity contribution is -0.141. The topological polar surface area (TPSA) is 58.6 Å². The quantitative estimate of drug-likeness (QED) is 0.769. The number of hydrogen-bond acceptors (Lipinski definition) is 3. The van der Waals surface area contributed by atoms with Crippen molar-refractivity contribution in [3.63, 3.8) is 0 Å². The maximum atomic E-state index is 11.1. The van der Waals surface area contributed by atoms with Gasteiger partial charge in [0.1, 0.15) is 6.04 Å². The zero-order chi connectivity index (χ0) is 12.3. The Kier molecular flexibility index (Phi) is 4.74. The highest BCUT2D eigenvalue weighted by Gasteiger charge is 2.29. The minimum atomic E-state index is -0.762.